The molecule has 10 nitrogen and oxygen atoms in total. The smallest absolute Gasteiger partial charge is 0.432 e. The summed E-state index contributed by atoms with van der Waals surface area (Å²) in [6.45, 7) is -0.188. The predicted octanol–water partition coefficient (Wildman–Crippen LogP) is 5.53. The van der Waals surface area contributed by atoms with Gasteiger partial charge in [-0.3, -0.25) is 4.84 Å². The van der Waals surface area contributed by atoms with E-state index < -0.39 is 25.7 Å². The van der Waals surface area contributed by atoms with Crippen LogP contribution in [0.1, 0.15) is 17.5 Å². The summed E-state index contributed by atoms with van der Waals surface area (Å²) in [5.41, 5.74) is 1.41. The number of nitrogens with zero attached hydrogens (tertiary/aromatic N) is 1. The number of carbonyl (C=O) groups excluding carboxylic acids is 1. The Morgan fingerprint density at radius 2 is 1.39 bits per heavy atom. The molecule has 202 valence electrons. The number of methoxy groups -OCH3 is 1. The largest absolute Gasteiger partial charge is 0.497 e. The van der Waals surface area contributed by atoms with Gasteiger partial charge >= 0.3 is 19.7 Å². The van der Waals surface area contributed by atoms with Gasteiger partial charge < -0.3 is 23.6 Å². The number of ether oxygens (including phenoxy) is 2. The minimum absolute atomic E-state index is 0.0768. The fraction of sp³-hybridized carbons (Fsp3) is 0.259. The highest BCUT2D eigenvalue weighted by Gasteiger charge is 2.36. The van der Waals surface area contributed by atoms with E-state index in [1.54, 1.807) is 72.8 Å². The van der Waals surface area contributed by atoms with E-state index in [-0.39, 0.29) is 31.5 Å². The van der Waals surface area contributed by atoms with E-state index in [4.69, 9.17) is 23.4 Å². The first-order valence-electron chi connectivity index (χ1n) is 11.7. The fourth-order valence-electron chi connectivity index (χ4n) is 3.40. The zero-order valence-electron chi connectivity index (χ0n) is 21.1. The van der Waals surface area contributed by atoms with Crippen molar-refractivity contribution in [3.8, 4) is 11.5 Å². The second kappa shape index (κ2) is 14.2. The lowest BCUT2D eigenvalue weighted by Gasteiger charge is -2.28. The molecule has 3 aromatic carbocycles. The van der Waals surface area contributed by atoms with Gasteiger partial charge in [0.25, 0.3) is 0 Å². The summed E-state index contributed by atoms with van der Waals surface area (Å²) >= 11 is 0. The molecule has 0 saturated heterocycles. The first-order valence-corrected chi connectivity index (χ1v) is 13.4. The first-order chi connectivity index (χ1) is 18.3. The van der Waals surface area contributed by atoms with E-state index in [2.05, 4.69) is 0 Å². The van der Waals surface area contributed by atoms with Crippen LogP contribution in [-0.2, 0) is 36.7 Å². The van der Waals surface area contributed by atoms with Crippen LogP contribution >= 0.6 is 7.60 Å². The van der Waals surface area contributed by atoms with Gasteiger partial charge in [0.1, 0.15) is 24.7 Å². The third kappa shape index (κ3) is 8.62. The van der Waals surface area contributed by atoms with Crippen LogP contribution in [0.5, 0.6) is 11.5 Å². The molecule has 2 unspecified atom stereocenters. The molecule has 0 aliphatic heterocycles. The zero-order valence-corrected chi connectivity index (χ0v) is 22.0. The number of carbonyl (C=O) groups is 2. The Bertz CT molecular complexity index is 1210. The van der Waals surface area contributed by atoms with Gasteiger partial charge in [0.15, 0.2) is 6.04 Å². The van der Waals surface area contributed by atoms with Crippen molar-refractivity contribution in [3.05, 3.63) is 96.1 Å². The van der Waals surface area contributed by atoms with Crippen molar-refractivity contribution in [2.75, 3.05) is 20.4 Å². The molecule has 38 heavy (non-hydrogen) atoms. The monoisotopic (exact) mass is 543 g/mol. The minimum Gasteiger partial charge on any atom is -0.497 e. The maximum atomic E-state index is 13.3. The molecule has 0 heterocycles. The molecule has 11 heteroatoms. The van der Waals surface area contributed by atoms with Gasteiger partial charge in [-0.15, -0.1) is 0 Å². The van der Waals surface area contributed by atoms with Crippen LogP contribution in [0, 0.1) is 0 Å². The van der Waals surface area contributed by atoms with Gasteiger partial charge in [0.2, 0.25) is 0 Å². The molecule has 3 aromatic rings. The van der Waals surface area contributed by atoms with Crippen LogP contribution < -0.4 is 9.26 Å². The molecular formula is C27H30NO9P. The van der Waals surface area contributed by atoms with Gasteiger partial charge in [0.05, 0.1) is 13.3 Å². The number of esters is 1. The summed E-state index contributed by atoms with van der Waals surface area (Å²) in [6, 6.07) is 22.7. The highest BCUT2D eigenvalue weighted by Crippen LogP contribution is 2.48. The number of carboxylic acid groups (broad SMARTS) is 1. The highest BCUT2D eigenvalue weighted by molar-refractivity contribution is 7.54. The molecule has 0 aliphatic carbocycles. The van der Waals surface area contributed by atoms with Crippen molar-refractivity contribution in [1.29, 1.82) is 0 Å². The summed E-state index contributed by atoms with van der Waals surface area (Å²) in [5, 5.41) is 10.4. The Kier molecular flexibility index (Phi) is 10.7. The molecule has 3 rings (SSSR count). The number of hydroxylamine groups is 2. The summed E-state index contributed by atoms with van der Waals surface area (Å²) in [4.78, 5) is 30.8. The zero-order chi connectivity index (χ0) is 27.4. The SMILES string of the molecule is COc1ccc(OP(=O)(CCC(C(=O)OCc2ccccc2)N(OCc2ccccc2)C(=O)O)OC)cc1. The second-order valence-electron chi connectivity index (χ2n) is 8.05. The van der Waals surface area contributed by atoms with Gasteiger partial charge in [-0.05, 0) is 41.8 Å². The maximum Gasteiger partial charge on any atom is 0.432 e. The molecule has 1 amide bonds. The lowest BCUT2D eigenvalue weighted by Crippen LogP contribution is -2.45. The standard InChI is InChI=1S/C27H30NO9P/c1-33-23-13-15-24(16-14-23)37-38(32,34-2)18-17-25(26(29)35-19-21-9-5-3-6-10-21)28(27(30)31)36-20-22-11-7-4-8-12-22/h3-16,25H,17-20H2,1-2H3,(H,30,31). The van der Waals surface area contributed by atoms with E-state index in [1.807, 2.05) is 12.1 Å². The van der Waals surface area contributed by atoms with E-state index in [0.29, 0.717) is 16.4 Å². The molecule has 0 fully saturated rings. The Labute approximate surface area is 221 Å². The Morgan fingerprint density at radius 3 is 1.92 bits per heavy atom. The third-order valence-electron chi connectivity index (χ3n) is 5.44. The lowest BCUT2D eigenvalue weighted by atomic mass is 10.2. The van der Waals surface area contributed by atoms with Crippen molar-refractivity contribution in [2.24, 2.45) is 0 Å². The van der Waals surface area contributed by atoms with Gasteiger partial charge in [0, 0.05) is 7.11 Å². The highest BCUT2D eigenvalue weighted by atomic mass is 31.2. The summed E-state index contributed by atoms with van der Waals surface area (Å²) in [5.74, 6) is -0.0236. The molecule has 0 saturated carbocycles. The normalized spacial score (nSPS) is 13.1. The molecule has 0 bridgehead atoms. The van der Waals surface area contributed by atoms with Crippen LogP contribution in [0.25, 0.3) is 0 Å². The van der Waals surface area contributed by atoms with Crippen LogP contribution in [0.4, 0.5) is 4.79 Å². The van der Waals surface area contributed by atoms with E-state index in [0.717, 1.165) is 5.56 Å². The molecule has 0 radical (unpaired) electrons. The molecule has 0 aromatic heterocycles. The van der Waals surface area contributed by atoms with Crippen molar-refractivity contribution >= 4 is 19.7 Å². The lowest BCUT2D eigenvalue weighted by molar-refractivity contribution is -0.190. The third-order valence-corrected chi connectivity index (χ3v) is 7.29. The van der Waals surface area contributed by atoms with E-state index in [1.165, 1.54) is 14.2 Å². The predicted molar refractivity (Wildman–Crippen MR) is 139 cm³/mol. The van der Waals surface area contributed by atoms with E-state index >= 15 is 0 Å². The van der Waals surface area contributed by atoms with Crippen LogP contribution in [-0.4, -0.2) is 48.7 Å². The van der Waals surface area contributed by atoms with Crippen LogP contribution in [0.2, 0.25) is 0 Å². The average molecular weight is 544 g/mol. The molecular weight excluding hydrogens is 513 g/mol. The number of rotatable bonds is 14. The van der Waals surface area contributed by atoms with E-state index in [9.17, 15) is 19.3 Å². The van der Waals surface area contributed by atoms with Crippen LogP contribution in [0.3, 0.4) is 0 Å². The summed E-state index contributed by atoms with van der Waals surface area (Å²) in [6.07, 6.45) is -2.05. The maximum absolute atomic E-state index is 13.3. The average Bonchev–Trinajstić information content (AvgIpc) is 2.94. The van der Waals surface area contributed by atoms with Crippen molar-refractivity contribution < 1.29 is 42.6 Å². The van der Waals surface area contributed by atoms with Crippen molar-refractivity contribution in [1.82, 2.24) is 5.06 Å². The quantitative estimate of drug-likeness (QED) is 0.159. The topological polar surface area (TPSA) is 121 Å². The number of hydrogen-bond acceptors (Lipinski definition) is 8. The first kappa shape index (κ1) is 28.7. The van der Waals surface area contributed by atoms with Gasteiger partial charge in [-0.1, -0.05) is 60.7 Å². The number of benzene rings is 3. The number of hydrogen-bond donors (Lipinski definition) is 1. The summed E-state index contributed by atoms with van der Waals surface area (Å²) < 4.78 is 34.6. The molecule has 2 atom stereocenters. The van der Waals surface area contributed by atoms with Crippen LogP contribution in [0.15, 0.2) is 84.9 Å². The molecule has 0 aliphatic rings. The van der Waals surface area contributed by atoms with Gasteiger partial charge in [-0.2, -0.15) is 5.06 Å². The molecule has 0 spiro atoms. The minimum atomic E-state index is -3.79. The fourth-order valence-corrected chi connectivity index (χ4v) is 4.76. The Morgan fingerprint density at radius 1 is 0.842 bits per heavy atom. The number of amides is 1. The Balaban J connectivity index is 1.77. The summed E-state index contributed by atoms with van der Waals surface area (Å²) in [7, 11) is -1.06. The molecule has 1 N–H and O–H groups in total. The van der Waals surface area contributed by atoms with Crippen molar-refractivity contribution in [2.45, 2.75) is 25.7 Å². The second-order valence-corrected chi connectivity index (χ2v) is 10.3. The van der Waals surface area contributed by atoms with Crippen molar-refractivity contribution in [3.63, 3.8) is 0 Å². The van der Waals surface area contributed by atoms with Gasteiger partial charge in [-0.25, -0.2) is 14.2 Å². The Hall–Kier alpha value is -3.85.